The van der Waals surface area contributed by atoms with Gasteiger partial charge >= 0.3 is 5.97 Å². The Labute approximate surface area is 118 Å². The summed E-state index contributed by atoms with van der Waals surface area (Å²) < 4.78 is 15.7. The number of carbonyl (C=O) groups is 2. The van der Waals surface area contributed by atoms with Gasteiger partial charge in [-0.15, -0.1) is 0 Å². The normalized spacial score (nSPS) is 10.2. The van der Waals surface area contributed by atoms with Crippen LogP contribution in [0.5, 0.6) is 11.5 Å². The van der Waals surface area contributed by atoms with Gasteiger partial charge in [-0.25, -0.2) is 4.79 Å². The van der Waals surface area contributed by atoms with Crippen molar-refractivity contribution in [3.63, 3.8) is 0 Å². The molecule has 0 radical (unpaired) electrons. The zero-order valence-corrected chi connectivity index (χ0v) is 12.0. The van der Waals surface area contributed by atoms with Crippen LogP contribution in [0.4, 0.5) is 0 Å². The van der Waals surface area contributed by atoms with Crippen LogP contribution in [0.15, 0.2) is 18.2 Å². The zero-order chi connectivity index (χ0) is 15.0. The lowest BCUT2D eigenvalue weighted by Gasteiger charge is -2.12. The molecule has 1 rings (SSSR count). The number of hydrogen-bond acceptors (Lipinski definition) is 5. The van der Waals surface area contributed by atoms with Crippen molar-refractivity contribution in [2.45, 2.75) is 33.3 Å². The summed E-state index contributed by atoms with van der Waals surface area (Å²) in [5.41, 5.74) is 0.367. The summed E-state index contributed by atoms with van der Waals surface area (Å²) >= 11 is 0. The highest BCUT2D eigenvalue weighted by atomic mass is 16.6. The average Bonchev–Trinajstić information content (AvgIpc) is 2.42. The average molecular weight is 280 g/mol. The van der Waals surface area contributed by atoms with Gasteiger partial charge in [0.05, 0.1) is 18.3 Å². The molecule has 0 saturated carbocycles. The number of rotatable bonds is 8. The van der Waals surface area contributed by atoms with Crippen molar-refractivity contribution >= 4 is 12.3 Å². The third kappa shape index (κ3) is 5.30. The summed E-state index contributed by atoms with van der Waals surface area (Å²) in [6, 6.07) is 4.89. The van der Waals surface area contributed by atoms with Gasteiger partial charge in [0.25, 0.3) is 0 Å². The van der Waals surface area contributed by atoms with Gasteiger partial charge in [0.15, 0.2) is 12.9 Å². The van der Waals surface area contributed by atoms with E-state index in [1.807, 2.05) is 6.92 Å². The summed E-state index contributed by atoms with van der Waals surface area (Å²) in [6.07, 6.45) is 1.36. The Balaban J connectivity index is 2.70. The van der Waals surface area contributed by atoms with Crippen LogP contribution in [-0.2, 0) is 9.53 Å². The van der Waals surface area contributed by atoms with Crippen molar-refractivity contribution in [1.29, 1.82) is 0 Å². The Morgan fingerprint density at radius 3 is 2.65 bits per heavy atom. The number of benzene rings is 1. The number of hydrogen-bond donors (Lipinski definition) is 0. The van der Waals surface area contributed by atoms with Gasteiger partial charge in [-0.1, -0.05) is 6.92 Å². The molecule has 0 spiro atoms. The minimum Gasteiger partial charge on any atom is -0.493 e. The Morgan fingerprint density at radius 1 is 1.30 bits per heavy atom. The van der Waals surface area contributed by atoms with E-state index in [9.17, 15) is 9.59 Å². The van der Waals surface area contributed by atoms with E-state index >= 15 is 0 Å². The van der Waals surface area contributed by atoms with Crippen LogP contribution >= 0.6 is 0 Å². The maximum atomic E-state index is 11.4. The fourth-order valence-electron chi connectivity index (χ4n) is 1.48. The molecule has 5 nitrogen and oxygen atoms in total. The van der Waals surface area contributed by atoms with Gasteiger partial charge < -0.3 is 14.2 Å². The van der Waals surface area contributed by atoms with Crippen LogP contribution in [-0.4, -0.2) is 31.6 Å². The highest BCUT2D eigenvalue weighted by Gasteiger charge is 2.10. The number of esters is 1. The second-order valence-corrected chi connectivity index (χ2v) is 4.49. The fraction of sp³-hybridized carbons (Fsp3) is 0.467. The molecular weight excluding hydrogens is 260 g/mol. The maximum absolute atomic E-state index is 11.4. The van der Waals surface area contributed by atoms with Gasteiger partial charge in [0, 0.05) is 6.07 Å². The molecule has 1 aromatic rings. The van der Waals surface area contributed by atoms with Crippen LogP contribution in [0.25, 0.3) is 0 Å². The van der Waals surface area contributed by atoms with Crippen LogP contribution < -0.4 is 9.47 Å². The number of aldehydes is 1. The van der Waals surface area contributed by atoms with Gasteiger partial charge in [0.1, 0.15) is 11.5 Å². The highest BCUT2D eigenvalue weighted by Crippen LogP contribution is 2.24. The molecule has 0 saturated heterocycles. The SMILES string of the molecule is CCCOc1ccc(C=O)c(OCC(=O)OC(C)C)c1. The molecule has 0 atom stereocenters. The largest absolute Gasteiger partial charge is 0.493 e. The van der Waals surface area contributed by atoms with E-state index in [-0.39, 0.29) is 12.7 Å². The van der Waals surface area contributed by atoms with Gasteiger partial charge in [-0.05, 0) is 32.4 Å². The number of carbonyl (C=O) groups excluding carboxylic acids is 2. The molecule has 0 amide bonds. The first-order valence-corrected chi connectivity index (χ1v) is 6.61. The molecule has 0 aliphatic heterocycles. The van der Waals surface area contributed by atoms with Gasteiger partial charge in [0.2, 0.25) is 0 Å². The fourth-order valence-corrected chi connectivity index (χ4v) is 1.48. The monoisotopic (exact) mass is 280 g/mol. The van der Waals surface area contributed by atoms with Gasteiger partial charge in [-0.3, -0.25) is 4.79 Å². The lowest BCUT2D eigenvalue weighted by atomic mass is 10.2. The Bertz CT molecular complexity index is 454. The molecule has 0 aromatic heterocycles. The van der Waals surface area contributed by atoms with Crippen molar-refractivity contribution in [1.82, 2.24) is 0 Å². The predicted molar refractivity (Wildman–Crippen MR) is 74.3 cm³/mol. The van der Waals surface area contributed by atoms with Crippen molar-refractivity contribution in [3.05, 3.63) is 23.8 Å². The maximum Gasteiger partial charge on any atom is 0.344 e. The van der Waals surface area contributed by atoms with E-state index in [4.69, 9.17) is 14.2 Å². The third-order valence-electron chi connectivity index (χ3n) is 2.30. The molecule has 0 aliphatic carbocycles. The molecule has 1 aromatic carbocycles. The summed E-state index contributed by atoms with van der Waals surface area (Å²) in [5, 5.41) is 0. The van der Waals surface area contributed by atoms with Crippen LogP contribution in [0.3, 0.4) is 0 Å². The lowest BCUT2D eigenvalue weighted by Crippen LogP contribution is -2.19. The number of ether oxygens (including phenoxy) is 3. The van der Waals surface area contributed by atoms with E-state index in [2.05, 4.69) is 0 Å². The van der Waals surface area contributed by atoms with Crippen molar-refractivity contribution < 1.29 is 23.8 Å². The summed E-state index contributed by atoms with van der Waals surface area (Å²) in [5.74, 6) is 0.440. The van der Waals surface area contributed by atoms with Crippen LogP contribution in [0.1, 0.15) is 37.6 Å². The minimum atomic E-state index is -0.475. The van der Waals surface area contributed by atoms with Crippen molar-refractivity contribution in [2.75, 3.05) is 13.2 Å². The first kappa shape index (κ1) is 16.0. The van der Waals surface area contributed by atoms with E-state index in [1.54, 1.807) is 32.0 Å². The molecule has 0 bridgehead atoms. The molecule has 0 heterocycles. The Hall–Kier alpha value is -2.04. The minimum absolute atomic E-state index is 0.198. The van der Waals surface area contributed by atoms with Crippen LogP contribution in [0.2, 0.25) is 0 Å². The summed E-state index contributed by atoms with van der Waals surface area (Å²) in [7, 11) is 0. The molecule has 20 heavy (non-hydrogen) atoms. The lowest BCUT2D eigenvalue weighted by molar-refractivity contribution is -0.149. The first-order valence-electron chi connectivity index (χ1n) is 6.61. The van der Waals surface area contributed by atoms with Crippen molar-refractivity contribution in [3.8, 4) is 11.5 Å². The van der Waals surface area contributed by atoms with E-state index in [0.717, 1.165) is 6.42 Å². The van der Waals surface area contributed by atoms with Crippen LogP contribution in [0, 0.1) is 0 Å². The predicted octanol–water partition coefficient (Wildman–Crippen LogP) is 2.62. The van der Waals surface area contributed by atoms with E-state index < -0.39 is 5.97 Å². The highest BCUT2D eigenvalue weighted by molar-refractivity contribution is 5.80. The Morgan fingerprint density at radius 2 is 2.05 bits per heavy atom. The topological polar surface area (TPSA) is 61.8 Å². The smallest absolute Gasteiger partial charge is 0.344 e. The van der Waals surface area contributed by atoms with Gasteiger partial charge in [-0.2, -0.15) is 0 Å². The third-order valence-corrected chi connectivity index (χ3v) is 2.30. The standard InChI is InChI=1S/C15H20O5/c1-4-7-18-13-6-5-12(9-16)14(8-13)19-10-15(17)20-11(2)3/h5-6,8-9,11H,4,7,10H2,1-3H3. The molecule has 5 heteroatoms. The molecular formula is C15H20O5. The summed E-state index contributed by atoms with van der Waals surface area (Å²) in [6.45, 7) is 5.85. The zero-order valence-electron chi connectivity index (χ0n) is 12.0. The second kappa shape index (κ2) is 8.19. The molecule has 0 aliphatic rings. The molecule has 0 fully saturated rings. The molecule has 0 N–H and O–H groups in total. The first-order chi connectivity index (χ1) is 9.56. The summed E-state index contributed by atoms with van der Waals surface area (Å²) in [4.78, 5) is 22.4. The quantitative estimate of drug-likeness (QED) is 0.541. The molecule has 110 valence electrons. The van der Waals surface area contributed by atoms with E-state index in [0.29, 0.717) is 30.0 Å². The second-order valence-electron chi connectivity index (χ2n) is 4.49. The Kier molecular flexibility index (Phi) is 6.56. The molecule has 0 unspecified atom stereocenters. The van der Waals surface area contributed by atoms with Crippen molar-refractivity contribution in [2.24, 2.45) is 0 Å². The van der Waals surface area contributed by atoms with E-state index in [1.165, 1.54) is 0 Å².